The van der Waals surface area contributed by atoms with Crippen LogP contribution in [0.4, 0.5) is 0 Å². The van der Waals surface area contributed by atoms with Gasteiger partial charge in [0.25, 0.3) is 0 Å². The monoisotopic (exact) mass is 276 g/mol. The minimum Gasteiger partial charge on any atom is -0.316 e. The number of hydrogen-bond acceptors (Lipinski definition) is 2. The summed E-state index contributed by atoms with van der Waals surface area (Å²) in [6.07, 6.45) is 1.96. The van der Waals surface area contributed by atoms with E-state index < -0.39 is 0 Å². The van der Waals surface area contributed by atoms with Crippen LogP contribution in [0.3, 0.4) is 0 Å². The highest BCUT2D eigenvalue weighted by atomic mass is 14.9. The lowest BCUT2D eigenvalue weighted by Gasteiger charge is -2.16. The van der Waals surface area contributed by atoms with E-state index in [0.717, 1.165) is 24.1 Å². The molecule has 0 aliphatic heterocycles. The summed E-state index contributed by atoms with van der Waals surface area (Å²) >= 11 is 0. The van der Waals surface area contributed by atoms with Gasteiger partial charge in [-0.1, -0.05) is 54.6 Å². The van der Waals surface area contributed by atoms with E-state index in [2.05, 4.69) is 66.0 Å². The first kappa shape index (κ1) is 13.8. The average Bonchev–Trinajstić information content (AvgIpc) is 2.55. The molecule has 2 aromatic carbocycles. The molecule has 0 amide bonds. The standard InChI is InChI=1S/C19H20N2/c1-20-18(13-15-7-3-2-4-8-15)14-17-12-11-16-9-5-6-10-19(16)21-17/h2-12,18,20H,13-14H2,1H3. The highest BCUT2D eigenvalue weighted by Crippen LogP contribution is 2.14. The number of benzene rings is 2. The van der Waals surface area contributed by atoms with E-state index in [9.17, 15) is 0 Å². The summed E-state index contributed by atoms with van der Waals surface area (Å²) in [5.74, 6) is 0. The molecular formula is C19H20N2. The number of pyridine rings is 1. The molecule has 1 unspecified atom stereocenters. The Morgan fingerprint density at radius 2 is 1.62 bits per heavy atom. The molecule has 0 saturated carbocycles. The van der Waals surface area contributed by atoms with Gasteiger partial charge < -0.3 is 5.32 Å². The number of hydrogen-bond donors (Lipinski definition) is 1. The quantitative estimate of drug-likeness (QED) is 0.770. The van der Waals surface area contributed by atoms with Crippen LogP contribution in [0, 0.1) is 0 Å². The van der Waals surface area contributed by atoms with Crippen molar-refractivity contribution in [2.24, 2.45) is 0 Å². The molecule has 0 aliphatic carbocycles. The van der Waals surface area contributed by atoms with Crippen molar-refractivity contribution in [1.29, 1.82) is 0 Å². The molecule has 1 atom stereocenters. The summed E-state index contributed by atoms with van der Waals surface area (Å²) in [4.78, 5) is 4.76. The Balaban J connectivity index is 1.76. The maximum Gasteiger partial charge on any atom is 0.0705 e. The van der Waals surface area contributed by atoms with Gasteiger partial charge in [-0.2, -0.15) is 0 Å². The molecule has 0 fully saturated rings. The predicted octanol–water partition coefficient (Wildman–Crippen LogP) is 3.61. The third-order valence-corrected chi connectivity index (χ3v) is 3.84. The van der Waals surface area contributed by atoms with Crippen molar-refractivity contribution < 1.29 is 0 Å². The van der Waals surface area contributed by atoms with Crippen molar-refractivity contribution in [2.45, 2.75) is 18.9 Å². The topological polar surface area (TPSA) is 24.9 Å². The predicted molar refractivity (Wildman–Crippen MR) is 88.4 cm³/mol. The van der Waals surface area contributed by atoms with Crippen LogP contribution in [0.5, 0.6) is 0 Å². The maximum absolute atomic E-state index is 4.76. The van der Waals surface area contributed by atoms with Gasteiger partial charge in [-0.05, 0) is 31.2 Å². The average molecular weight is 276 g/mol. The summed E-state index contributed by atoms with van der Waals surface area (Å²) < 4.78 is 0. The fourth-order valence-corrected chi connectivity index (χ4v) is 2.65. The lowest BCUT2D eigenvalue weighted by atomic mass is 10.0. The molecule has 0 aliphatic rings. The van der Waals surface area contributed by atoms with Gasteiger partial charge in [0.15, 0.2) is 0 Å². The molecular weight excluding hydrogens is 256 g/mol. The van der Waals surface area contributed by atoms with E-state index in [1.165, 1.54) is 10.9 Å². The van der Waals surface area contributed by atoms with Crippen molar-refractivity contribution in [3.8, 4) is 0 Å². The van der Waals surface area contributed by atoms with Crippen LogP contribution in [-0.4, -0.2) is 18.1 Å². The van der Waals surface area contributed by atoms with Gasteiger partial charge in [-0.3, -0.25) is 4.98 Å². The molecule has 21 heavy (non-hydrogen) atoms. The molecule has 3 aromatic rings. The van der Waals surface area contributed by atoms with Gasteiger partial charge in [-0.25, -0.2) is 0 Å². The zero-order valence-electron chi connectivity index (χ0n) is 12.3. The van der Waals surface area contributed by atoms with Gasteiger partial charge in [0.1, 0.15) is 0 Å². The summed E-state index contributed by atoms with van der Waals surface area (Å²) in [6.45, 7) is 0. The lowest BCUT2D eigenvalue weighted by Crippen LogP contribution is -2.30. The Kier molecular flexibility index (Phi) is 4.27. The molecule has 0 spiro atoms. The summed E-state index contributed by atoms with van der Waals surface area (Å²) in [7, 11) is 2.02. The number of fused-ring (bicyclic) bond motifs is 1. The first-order chi connectivity index (χ1) is 10.3. The van der Waals surface area contributed by atoms with Gasteiger partial charge >= 0.3 is 0 Å². The molecule has 0 radical (unpaired) electrons. The molecule has 0 saturated heterocycles. The van der Waals surface area contributed by atoms with Gasteiger partial charge in [0.2, 0.25) is 0 Å². The first-order valence-electron chi connectivity index (χ1n) is 7.41. The minimum atomic E-state index is 0.404. The first-order valence-corrected chi connectivity index (χ1v) is 7.41. The number of para-hydroxylation sites is 1. The van der Waals surface area contributed by atoms with Crippen molar-refractivity contribution in [3.05, 3.63) is 78.0 Å². The highest BCUT2D eigenvalue weighted by molar-refractivity contribution is 5.78. The van der Waals surface area contributed by atoms with Crippen molar-refractivity contribution in [3.63, 3.8) is 0 Å². The zero-order chi connectivity index (χ0) is 14.5. The normalized spacial score (nSPS) is 12.4. The second kappa shape index (κ2) is 6.51. The maximum atomic E-state index is 4.76. The Hall–Kier alpha value is -2.19. The Labute approximate surface area is 125 Å². The van der Waals surface area contributed by atoms with Gasteiger partial charge in [0, 0.05) is 23.5 Å². The van der Waals surface area contributed by atoms with Crippen LogP contribution < -0.4 is 5.32 Å². The number of rotatable bonds is 5. The summed E-state index contributed by atoms with van der Waals surface area (Å²) in [6, 6.07) is 23.6. The number of nitrogens with zero attached hydrogens (tertiary/aromatic N) is 1. The molecule has 1 N–H and O–H groups in total. The molecule has 1 heterocycles. The van der Waals surface area contributed by atoms with Crippen molar-refractivity contribution in [2.75, 3.05) is 7.05 Å². The van der Waals surface area contributed by atoms with Crippen molar-refractivity contribution >= 4 is 10.9 Å². The van der Waals surface area contributed by atoms with E-state index in [0.29, 0.717) is 6.04 Å². The second-order valence-corrected chi connectivity index (χ2v) is 5.37. The summed E-state index contributed by atoms with van der Waals surface area (Å²) in [5.41, 5.74) is 3.58. The van der Waals surface area contributed by atoms with Crippen LogP contribution in [0.15, 0.2) is 66.7 Å². The van der Waals surface area contributed by atoms with E-state index in [-0.39, 0.29) is 0 Å². The van der Waals surface area contributed by atoms with Crippen LogP contribution in [0.1, 0.15) is 11.3 Å². The third kappa shape index (κ3) is 3.47. The molecule has 0 bridgehead atoms. The molecule has 1 aromatic heterocycles. The molecule has 3 rings (SSSR count). The van der Waals surface area contributed by atoms with Crippen LogP contribution >= 0.6 is 0 Å². The van der Waals surface area contributed by atoms with E-state index in [1.54, 1.807) is 0 Å². The Bertz CT molecular complexity index is 707. The van der Waals surface area contributed by atoms with E-state index >= 15 is 0 Å². The number of likely N-dealkylation sites (N-methyl/N-ethyl adjacent to an activating group) is 1. The lowest BCUT2D eigenvalue weighted by molar-refractivity contribution is 0.551. The Morgan fingerprint density at radius 3 is 2.43 bits per heavy atom. The summed E-state index contributed by atoms with van der Waals surface area (Å²) in [5, 5.41) is 4.61. The molecule has 2 heteroatoms. The van der Waals surface area contributed by atoms with E-state index in [4.69, 9.17) is 4.98 Å². The van der Waals surface area contributed by atoms with Crippen LogP contribution in [-0.2, 0) is 12.8 Å². The van der Waals surface area contributed by atoms with Crippen LogP contribution in [0.25, 0.3) is 10.9 Å². The fraction of sp³-hybridized carbons (Fsp3) is 0.211. The Morgan fingerprint density at radius 1 is 0.857 bits per heavy atom. The second-order valence-electron chi connectivity index (χ2n) is 5.37. The van der Waals surface area contributed by atoms with E-state index in [1.807, 2.05) is 13.1 Å². The third-order valence-electron chi connectivity index (χ3n) is 3.84. The number of aromatic nitrogens is 1. The van der Waals surface area contributed by atoms with Gasteiger partial charge in [0.05, 0.1) is 5.52 Å². The largest absolute Gasteiger partial charge is 0.316 e. The van der Waals surface area contributed by atoms with Crippen LogP contribution in [0.2, 0.25) is 0 Å². The smallest absolute Gasteiger partial charge is 0.0705 e. The van der Waals surface area contributed by atoms with Crippen molar-refractivity contribution in [1.82, 2.24) is 10.3 Å². The zero-order valence-corrected chi connectivity index (χ0v) is 12.3. The minimum absolute atomic E-state index is 0.404. The fourth-order valence-electron chi connectivity index (χ4n) is 2.65. The number of nitrogens with one attached hydrogen (secondary N) is 1. The van der Waals surface area contributed by atoms with Gasteiger partial charge in [-0.15, -0.1) is 0 Å². The molecule has 2 nitrogen and oxygen atoms in total. The SMILES string of the molecule is CNC(Cc1ccccc1)Cc1ccc2ccccc2n1. The highest BCUT2D eigenvalue weighted by Gasteiger charge is 2.09. The molecule has 106 valence electrons.